The molecule has 1 fully saturated rings. The Morgan fingerprint density at radius 1 is 1.61 bits per heavy atom. The Bertz CT molecular complexity index is 933. The molecule has 1 saturated carbocycles. The number of amides is 1. The number of rotatable bonds is 4. The second kappa shape index (κ2) is 6.70. The lowest BCUT2D eigenvalue weighted by atomic mass is 9.85. The maximum atomic E-state index is 11.9. The molecule has 0 aliphatic heterocycles. The smallest absolute Gasteiger partial charge is 0.254 e. The molecule has 4 unspecified atom stereocenters. The number of primary amides is 1. The van der Waals surface area contributed by atoms with Crippen molar-refractivity contribution in [2.75, 3.05) is 10.6 Å². The van der Waals surface area contributed by atoms with Crippen molar-refractivity contribution in [1.29, 1.82) is 0 Å². The third kappa shape index (κ3) is 4.79. The fourth-order valence-corrected chi connectivity index (χ4v) is 1.73. The van der Waals surface area contributed by atoms with Gasteiger partial charge in [-0.05, 0) is 45.8 Å². The average molecular weight is 331 g/mol. The summed E-state index contributed by atoms with van der Waals surface area (Å²) < 4.78 is 80.8. The summed E-state index contributed by atoms with van der Waals surface area (Å²) >= 11 is 0. The first-order chi connectivity index (χ1) is 14.5. The molecule has 1 amide bonds. The Labute approximate surface area is 151 Å². The molecule has 128 valence electrons. The van der Waals surface area contributed by atoms with E-state index in [2.05, 4.69) is 20.6 Å². The van der Waals surface area contributed by atoms with Crippen LogP contribution in [0.1, 0.15) is 70.8 Å². The number of anilines is 2. The number of carbonyl (C=O) groups is 1. The minimum absolute atomic E-state index is 0.0977. The standard InChI is InChI=1S/C16H27N5O2/c1-9-5-6-10(7-12(9)22)19-14-11(13(17)23)8-18-15(20-14)21-16(2,3)4/h8-10,12,22H,5-7H2,1-4H3,(H2,17,23)(H2,18,19,20,21)/i1D3,5D,6D2,7D2,10D,12D. The van der Waals surface area contributed by atoms with Gasteiger partial charge in [0, 0.05) is 28.7 Å². The molecule has 1 aromatic heterocycles. The number of carbonyl (C=O) groups excluding carboxylic acids is 1. The van der Waals surface area contributed by atoms with Gasteiger partial charge in [-0.2, -0.15) is 4.98 Å². The molecule has 1 heterocycles. The molecule has 1 aliphatic rings. The highest BCUT2D eigenvalue weighted by Gasteiger charge is 2.27. The van der Waals surface area contributed by atoms with Crippen molar-refractivity contribution in [2.24, 2.45) is 11.7 Å². The second-order valence-corrected chi connectivity index (χ2v) is 5.99. The monoisotopic (exact) mass is 331 g/mol. The van der Waals surface area contributed by atoms with Crippen LogP contribution >= 0.6 is 0 Å². The molecule has 0 radical (unpaired) electrons. The van der Waals surface area contributed by atoms with Gasteiger partial charge in [-0.25, -0.2) is 4.98 Å². The normalized spacial score (nSPS) is 45.9. The number of hydrogen-bond acceptors (Lipinski definition) is 6. The minimum atomic E-state index is -3.63. The summed E-state index contributed by atoms with van der Waals surface area (Å²) in [5, 5.41) is 15.6. The SMILES string of the molecule is [2H]C1C(C([2H])([2H])[2H])C([2H])(O)C([2H])([2H])C([2H])(Nc2nc(NC(C)(C)C)ncc2C(N)=O)C1([2H])[2H]. The summed E-state index contributed by atoms with van der Waals surface area (Å²) in [4.78, 5) is 19.8. The first-order valence-corrected chi connectivity index (χ1v) is 6.88. The quantitative estimate of drug-likeness (QED) is 0.668. The lowest BCUT2D eigenvalue weighted by Crippen LogP contribution is -2.36. The first kappa shape index (κ1) is 8.28. The Morgan fingerprint density at radius 2 is 2.35 bits per heavy atom. The molecule has 1 aliphatic carbocycles. The molecule has 4 atom stereocenters. The predicted molar refractivity (Wildman–Crippen MR) is 90.4 cm³/mol. The largest absolute Gasteiger partial charge is 0.393 e. The number of aromatic nitrogens is 2. The van der Waals surface area contributed by atoms with Crippen molar-refractivity contribution in [2.45, 2.75) is 64.4 Å². The zero-order valence-electron chi connectivity index (χ0n) is 23.1. The number of nitrogens with one attached hydrogen (secondary N) is 2. The van der Waals surface area contributed by atoms with Crippen molar-refractivity contribution in [3.63, 3.8) is 0 Å². The Hall–Kier alpha value is -1.89. The van der Waals surface area contributed by atoms with Crippen LogP contribution < -0.4 is 16.4 Å². The van der Waals surface area contributed by atoms with E-state index in [0.717, 1.165) is 6.20 Å². The van der Waals surface area contributed by atoms with Gasteiger partial charge in [0.05, 0.1) is 14.4 Å². The van der Waals surface area contributed by atoms with E-state index in [1.807, 2.05) is 0 Å². The van der Waals surface area contributed by atoms with Gasteiger partial charge in [0.25, 0.3) is 5.91 Å². The highest BCUT2D eigenvalue weighted by Crippen LogP contribution is 2.27. The maximum Gasteiger partial charge on any atom is 0.254 e. The molecule has 0 saturated heterocycles. The van der Waals surface area contributed by atoms with E-state index in [-0.39, 0.29) is 5.95 Å². The summed E-state index contributed by atoms with van der Waals surface area (Å²) in [6.07, 6.45) is -12.0. The highest BCUT2D eigenvalue weighted by atomic mass is 16.3. The molecule has 2 rings (SSSR count). The van der Waals surface area contributed by atoms with Crippen molar-refractivity contribution in [1.82, 2.24) is 9.97 Å². The molecular weight excluding hydrogens is 294 g/mol. The van der Waals surface area contributed by atoms with Crippen LogP contribution in [0.3, 0.4) is 0 Å². The van der Waals surface area contributed by atoms with E-state index in [1.165, 1.54) is 0 Å². The van der Waals surface area contributed by atoms with E-state index < -0.39 is 66.8 Å². The summed E-state index contributed by atoms with van der Waals surface area (Å²) in [5.74, 6) is -4.29. The van der Waals surface area contributed by atoms with Crippen LogP contribution in [0.25, 0.3) is 0 Å². The molecule has 0 spiro atoms. The first-order valence-electron chi connectivity index (χ1n) is 12.0. The molecule has 5 N–H and O–H groups in total. The van der Waals surface area contributed by atoms with Gasteiger partial charge in [0.2, 0.25) is 5.95 Å². The van der Waals surface area contributed by atoms with Crippen molar-refractivity contribution < 1.29 is 23.6 Å². The highest BCUT2D eigenvalue weighted by molar-refractivity contribution is 5.97. The van der Waals surface area contributed by atoms with E-state index in [0.29, 0.717) is 0 Å². The third-order valence-electron chi connectivity index (χ3n) is 2.73. The topological polar surface area (TPSA) is 113 Å². The zero-order valence-corrected chi connectivity index (χ0v) is 13.1. The Morgan fingerprint density at radius 3 is 2.96 bits per heavy atom. The Kier molecular flexibility index (Phi) is 2.41. The van der Waals surface area contributed by atoms with Gasteiger partial charge in [0.15, 0.2) is 0 Å². The van der Waals surface area contributed by atoms with Gasteiger partial charge >= 0.3 is 0 Å². The fourth-order valence-electron chi connectivity index (χ4n) is 1.73. The fraction of sp³-hybridized carbons (Fsp3) is 0.688. The summed E-state index contributed by atoms with van der Waals surface area (Å²) in [7, 11) is 0. The van der Waals surface area contributed by atoms with Gasteiger partial charge in [-0.3, -0.25) is 4.79 Å². The third-order valence-corrected chi connectivity index (χ3v) is 2.73. The van der Waals surface area contributed by atoms with Crippen LogP contribution in [0, 0.1) is 5.92 Å². The second-order valence-electron chi connectivity index (χ2n) is 5.99. The summed E-state index contributed by atoms with van der Waals surface area (Å²) in [5.41, 5.74) is 4.28. The van der Waals surface area contributed by atoms with Crippen LogP contribution in [0.4, 0.5) is 11.8 Å². The number of nitrogens with zero attached hydrogens (tertiary/aromatic N) is 2. The van der Waals surface area contributed by atoms with E-state index >= 15 is 0 Å². The van der Waals surface area contributed by atoms with Crippen LogP contribution in [0.2, 0.25) is 0 Å². The van der Waals surface area contributed by atoms with E-state index in [1.54, 1.807) is 20.8 Å². The lowest BCUT2D eigenvalue weighted by Gasteiger charge is -2.32. The molecule has 0 bridgehead atoms. The zero-order chi connectivity index (χ0) is 26.0. The van der Waals surface area contributed by atoms with Gasteiger partial charge in [-0.15, -0.1) is 0 Å². The molecular formula is C16H27N5O2. The van der Waals surface area contributed by atoms with Crippen LogP contribution in [-0.2, 0) is 0 Å². The van der Waals surface area contributed by atoms with Gasteiger partial charge in [-0.1, -0.05) is 6.85 Å². The molecule has 7 nitrogen and oxygen atoms in total. The van der Waals surface area contributed by atoms with E-state index in [4.69, 9.17) is 19.4 Å². The molecule has 7 heteroatoms. The van der Waals surface area contributed by atoms with Crippen LogP contribution in [0.15, 0.2) is 6.20 Å². The summed E-state index contributed by atoms with van der Waals surface area (Å²) in [6.45, 7) is 1.99. The van der Waals surface area contributed by atoms with Crippen molar-refractivity contribution in [3.05, 3.63) is 11.8 Å². The number of nitrogens with two attached hydrogens (primary N) is 1. The van der Waals surface area contributed by atoms with Crippen LogP contribution in [0.5, 0.6) is 0 Å². The van der Waals surface area contributed by atoms with Crippen LogP contribution in [-0.4, -0.2) is 38.6 Å². The molecule has 23 heavy (non-hydrogen) atoms. The number of hydrogen-bond donors (Lipinski definition) is 4. The summed E-state index contributed by atoms with van der Waals surface area (Å²) in [6, 6.07) is -3.36. The van der Waals surface area contributed by atoms with E-state index in [9.17, 15) is 9.90 Å². The maximum absolute atomic E-state index is 11.9. The Balaban J connectivity index is 2.73. The number of aliphatic hydroxyl groups is 1. The molecule has 1 aromatic rings. The minimum Gasteiger partial charge on any atom is -0.393 e. The van der Waals surface area contributed by atoms with Crippen molar-refractivity contribution >= 4 is 17.7 Å². The predicted octanol–water partition coefficient (Wildman–Crippen LogP) is 1.75. The van der Waals surface area contributed by atoms with Crippen molar-refractivity contribution in [3.8, 4) is 0 Å². The molecule has 0 aromatic carbocycles. The van der Waals surface area contributed by atoms with Gasteiger partial charge in [0.1, 0.15) is 5.82 Å². The average Bonchev–Trinajstić information content (AvgIpc) is 2.57. The lowest BCUT2D eigenvalue weighted by molar-refractivity contribution is 0.0739. The van der Waals surface area contributed by atoms with Gasteiger partial charge < -0.3 is 21.5 Å².